The summed E-state index contributed by atoms with van der Waals surface area (Å²) < 4.78 is 7.09. The molecule has 2 aromatic rings. The lowest BCUT2D eigenvalue weighted by atomic mass is 10.1. The van der Waals surface area contributed by atoms with Crippen molar-refractivity contribution < 1.29 is 9.53 Å². The highest BCUT2D eigenvalue weighted by Gasteiger charge is 2.37. The molecular weight excluding hydrogens is 326 g/mol. The molecule has 0 saturated carbocycles. The van der Waals surface area contributed by atoms with E-state index in [0.717, 1.165) is 44.7 Å². The number of carbonyl (C=O) groups excluding carboxylic acids is 1. The number of aromatic nitrogens is 4. The van der Waals surface area contributed by atoms with E-state index in [4.69, 9.17) is 4.74 Å². The van der Waals surface area contributed by atoms with E-state index >= 15 is 0 Å². The molecule has 1 aromatic heterocycles. The van der Waals surface area contributed by atoms with Gasteiger partial charge in [-0.3, -0.25) is 4.79 Å². The first kappa shape index (κ1) is 15.6. The molecular formula is C16H19N5O2S. The lowest BCUT2D eigenvalue weighted by molar-refractivity contribution is -0.130. The van der Waals surface area contributed by atoms with Crippen molar-refractivity contribution in [2.75, 3.05) is 19.8 Å². The molecule has 7 nitrogen and oxygen atoms in total. The van der Waals surface area contributed by atoms with E-state index in [1.807, 2.05) is 35.2 Å². The molecule has 0 N–H and O–H groups in total. The van der Waals surface area contributed by atoms with Gasteiger partial charge in [-0.1, -0.05) is 30.0 Å². The van der Waals surface area contributed by atoms with Crippen LogP contribution < -0.4 is 0 Å². The Labute approximate surface area is 144 Å². The summed E-state index contributed by atoms with van der Waals surface area (Å²) in [5.41, 5.74) is 0.900. The fourth-order valence-electron chi connectivity index (χ4n) is 3.25. The van der Waals surface area contributed by atoms with E-state index in [1.54, 1.807) is 4.68 Å². The zero-order valence-corrected chi connectivity index (χ0v) is 14.1. The van der Waals surface area contributed by atoms with Crippen LogP contribution >= 0.6 is 11.8 Å². The second-order valence-electron chi connectivity index (χ2n) is 5.98. The van der Waals surface area contributed by atoms with E-state index in [-0.39, 0.29) is 11.2 Å². The highest BCUT2D eigenvalue weighted by atomic mass is 32.2. The Bertz CT molecular complexity index is 702. The minimum atomic E-state index is -0.110. The van der Waals surface area contributed by atoms with Gasteiger partial charge in [0.2, 0.25) is 11.1 Å². The molecule has 3 heterocycles. The van der Waals surface area contributed by atoms with Gasteiger partial charge in [-0.15, -0.1) is 5.10 Å². The number of nitrogens with zero attached hydrogens (tertiary/aromatic N) is 5. The molecule has 1 aromatic carbocycles. The fraction of sp³-hybridized carbons (Fsp3) is 0.500. The van der Waals surface area contributed by atoms with Crippen LogP contribution in [-0.4, -0.2) is 62.1 Å². The van der Waals surface area contributed by atoms with Crippen molar-refractivity contribution >= 4 is 17.7 Å². The van der Waals surface area contributed by atoms with Crippen LogP contribution in [0.15, 0.2) is 35.5 Å². The molecule has 0 spiro atoms. The number of rotatable bonds is 4. The maximum Gasteiger partial charge on any atom is 0.236 e. The zero-order valence-electron chi connectivity index (χ0n) is 13.2. The molecule has 1 amide bonds. The smallest absolute Gasteiger partial charge is 0.236 e. The van der Waals surface area contributed by atoms with Gasteiger partial charge in [0.05, 0.1) is 10.9 Å². The molecule has 2 aliphatic heterocycles. The summed E-state index contributed by atoms with van der Waals surface area (Å²) in [4.78, 5) is 14.8. The molecule has 24 heavy (non-hydrogen) atoms. The Balaban J connectivity index is 1.47. The van der Waals surface area contributed by atoms with E-state index < -0.39 is 0 Å². The van der Waals surface area contributed by atoms with Gasteiger partial charge in [0.15, 0.2) is 0 Å². The maximum atomic E-state index is 12.8. The SMILES string of the molecule is O=C1C(Sc2nnnn2-c2ccccc2)CCN1C1CCOCC1. The lowest BCUT2D eigenvalue weighted by Crippen LogP contribution is -2.41. The van der Waals surface area contributed by atoms with Crippen LogP contribution in [0.4, 0.5) is 0 Å². The molecule has 1 atom stereocenters. The molecule has 0 bridgehead atoms. The van der Waals surface area contributed by atoms with Gasteiger partial charge in [0, 0.05) is 25.8 Å². The fourth-order valence-corrected chi connectivity index (χ4v) is 4.29. The highest BCUT2D eigenvalue weighted by Crippen LogP contribution is 2.32. The number of benzene rings is 1. The van der Waals surface area contributed by atoms with Crippen molar-refractivity contribution in [3.05, 3.63) is 30.3 Å². The Morgan fingerprint density at radius 3 is 2.71 bits per heavy atom. The Kier molecular flexibility index (Phi) is 4.48. The first-order valence-corrected chi connectivity index (χ1v) is 9.09. The molecule has 1 unspecified atom stereocenters. The highest BCUT2D eigenvalue weighted by molar-refractivity contribution is 8.00. The second-order valence-corrected chi connectivity index (χ2v) is 7.15. The zero-order chi connectivity index (χ0) is 16.4. The number of hydrogen-bond donors (Lipinski definition) is 0. The van der Waals surface area contributed by atoms with Gasteiger partial charge in [-0.2, -0.15) is 4.68 Å². The third-order valence-electron chi connectivity index (χ3n) is 4.51. The summed E-state index contributed by atoms with van der Waals surface area (Å²) in [6.45, 7) is 2.31. The Morgan fingerprint density at radius 1 is 1.12 bits per heavy atom. The third kappa shape index (κ3) is 3.03. The van der Waals surface area contributed by atoms with E-state index in [9.17, 15) is 4.79 Å². The number of amides is 1. The van der Waals surface area contributed by atoms with Crippen molar-refractivity contribution in [1.29, 1.82) is 0 Å². The van der Waals surface area contributed by atoms with Crippen molar-refractivity contribution in [2.45, 2.75) is 35.7 Å². The summed E-state index contributed by atoms with van der Waals surface area (Å²) in [6, 6.07) is 10.1. The number of ether oxygens (including phenoxy) is 1. The van der Waals surface area contributed by atoms with Gasteiger partial charge in [-0.05, 0) is 41.8 Å². The van der Waals surface area contributed by atoms with Crippen LogP contribution in [0.2, 0.25) is 0 Å². The summed E-state index contributed by atoms with van der Waals surface area (Å²) in [7, 11) is 0. The summed E-state index contributed by atoms with van der Waals surface area (Å²) in [6.07, 6.45) is 2.71. The molecule has 4 rings (SSSR count). The van der Waals surface area contributed by atoms with Crippen molar-refractivity contribution in [3.8, 4) is 5.69 Å². The number of thioether (sulfide) groups is 1. The molecule has 126 valence electrons. The van der Waals surface area contributed by atoms with Crippen LogP contribution in [0.5, 0.6) is 0 Å². The second kappa shape index (κ2) is 6.90. The van der Waals surface area contributed by atoms with E-state index in [2.05, 4.69) is 15.5 Å². The van der Waals surface area contributed by atoms with Gasteiger partial charge in [0.1, 0.15) is 0 Å². The number of tetrazole rings is 1. The summed E-state index contributed by atoms with van der Waals surface area (Å²) in [5, 5.41) is 12.5. The van der Waals surface area contributed by atoms with Crippen LogP contribution in [0.1, 0.15) is 19.3 Å². The topological polar surface area (TPSA) is 73.1 Å². The summed E-state index contributed by atoms with van der Waals surface area (Å²) >= 11 is 1.46. The Morgan fingerprint density at radius 2 is 1.92 bits per heavy atom. The number of carbonyl (C=O) groups is 1. The average Bonchev–Trinajstić information content (AvgIpc) is 3.24. The molecule has 2 fully saturated rings. The quantitative estimate of drug-likeness (QED) is 0.837. The predicted molar refractivity (Wildman–Crippen MR) is 89.0 cm³/mol. The van der Waals surface area contributed by atoms with E-state index in [1.165, 1.54) is 11.8 Å². The normalized spacial score (nSPS) is 22.2. The minimum Gasteiger partial charge on any atom is -0.381 e. The molecule has 0 radical (unpaired) electrons. The molecule has 0 aliphatic carbocycles. The molecule has 2 saturated heterocycles. The van der Waals surface area contributed by atoms with Gasteiger partial charge in [-0.25, -0.2) is 0 Å². The first-order valence-electron chi connectivity index (χ1n) is 8.21. The third-order valence-corrected chi connectivity index (χ3v) is 5.70. The largest absolute Gasteiger partial charge is 0.381 e. The van der Waals surface area contributed by atoms with Crippen molar-refractivity contribution in [1.82, 2.24) is 25.1 Å². The average molecular weight is 345 g/mol. The minimum absolute atomic E-state index is 0.110. The van der Waals surface area contributed by atoms with Gasteiger partial charge < -0.3 is 9.64 Å². The van der Waals surface area contributed by atoms with Gasteiger partial charge >= 0.3 is 0 Å². The van der Waals surface area contributed by atoms with Crippen molar-refractivity contribution in [3.63, 3.8) is 0 Å². The maximum absolute atomic E-state index is 12.8. The standard InChI is InChI=1S/C16H19N5O2S/c22-15-14(6-9-20(15)12-7-10-23-11-8-12)24-16-17-18-19-21(16)13-4-2-1-3-5-13/h1-5,12,14H,6-11H2. The monoisotopic (exact) mass is 345 g/mol. The number of likely N-dealkylation sites (tertiary alicyclic amines) is 1. The van der Waals surface area contributed by atoms with Crippen molar-refractivity contribution in [2.24, 2.45) is 0 Å². The van der Waals surface area contributed by atoms with Crippen LogP contribution in [0, 0.1) is 0 Å². The van der Waals surface area contributed by atoms with Crippen LogP contribution in [0.3, 0.4) is 0 Å². The number of hydrogen-bond acceptors (Lipinski definition) is 6. The van der Waals surface area contributed by atoms with Crippen LogP contribution in [-0.2, 0) is 9.53 Å². The molecule has 2 aliphatic rings. The number of para-hydroxylation sites is 1. The summed E-state index contributed by atoms with van der Waals surface area (Å²) in [5.74, 6) is 0.203. The van der Waals surface area contributed by atoms with Gasteiger partial charge in [0.25, 0.3) is 0 Å². The van der Waals surface area contributed by atoms with E-state index in [0.29, 0.717) is 11.2 Å². The predicted octanol–water partition coefficient (Wildman–Crippen LogP) is 1.53. The first-order chi connectivity index (χ1) is 11.8. The lowest BCUT2D eigenvalue weighted by Gasteiger charge is -2.31. The Hall–Kier alpha value is -1.93. The van der Waals surface area contributed by atoms with Crippen LogP contribution in [0.25, 0.3) is 5.69 Å². The molecule has 8 heteroatoms.